The van der Waals surface area contributed by atoms with E-state index in [1.54, 1.807) is 18.2 Å². The third-order valence-corrected chi connectivity index (χ3v) is 4.76. The Labute approximate surface area is 155 Å². The molecule has 2 heterocycles. The molecule has 27 heavy (non-hydrogen) atoms. The Morgan fingerprint density at radius 1 is 1.04 bits per heavy atom. The summed E-state index contributed by atoms with van der Waals surface area (Å²) in [6, 6.07) is 7.77. The van der Waals surface area contributed by atoms with Crippen molar-refractivity contribution >= 4 is 32.9 Å². The second-order valence-electron chi connectivity index (χ2n) is 7.17. The van der Waals surface area contributed by atoms with Crippen LogP contribution in [0.15, 0.2) is 44.0 Å². The van der Waals surface area contributed by atoms with E-state index < -0.39 is 5.63 Å². The number of phenols is 2. The fraction of sp³-hybridized carbons (Fsp3) is 0.286. The maximum Gasteiger partial charge on any atom is 0.348 e. The summed E-state index contributed by atoms with van der Waals surface area (Å²) in [6.45, 7) is 5.52. The second kappa shape index (κ2) is 6.63. The molecule has 0 amide bonds. The van der Waals surface area contributed by atoms with E-state index in [1.165, 1.54) is 12.1 Å². The van der Waals surface area contributed by atoms with E-state index in [-0.39, 0.29) is 17.1 Å². The van der Waals surface area contributed by atoms with Gasteiger partial charge in [0.25, 0.3) is 0 Å². The first-order chi connectivity index (χ1) is 13.0. The van der Waals surface area contributed by atoms with Gasteiger partial charge in [0.2, 0.25) is 0 Å². The van der Waals surface area contributed by atoms with Crippen molar-refractivity contribution < 1.29 is 19.0 Å². The molecule has 0 unspecified atom stereocenters. The summed E-state index contributed by atoms with van der Waals surface area (Å²) < 4.78 is 11.3. The lowest BCUT2D eigenvalue weighted by atomic mass is 10.0. The molecule has 6 nitrogen and oxygen atoms in total. The van der Waals surface area contributed by atoms with Crippen LogP contribution < -0.4 is 10.9 Å². The average Bonchev–Trinajstić information content (AvgIpc) is 3.00. The standard InChI is InChI=1S/C21H21NO5/c1-11(2)7-8-22-10-14-15(24)5-6-16-18(14)19-20(26-16)13-4-3-12(23)9-17(13)27-21(19)25/h3-6,9,11,22-24H,7-8,10H2,1-2H3. The first-order valence-corrected chi connectivity index (χ1v) is 8.99. The molecule has 0 aliphatic carbocycles. The lowest BCUT2D eigenvalue weighted by Crippen LogP contribution is -2.16. The van der Waals surface area contributed by atoms with Crippen LogP contribution in [0.1, 0.15) is 25.8 Å². The number of hydrogen-bond donors (Lipinski definition) is 3. The second-order valence-corrected chi connectivity index (χ2v) is 7.17. The van der Waals surface area contributed by atoms with Crippen molar-refractivity contribution in [3.63, 3.8) is 0 Å². The Hall–Kier alpha value is -2.99. The first kappa shape index (κ1) is 17.4. The lowest BCUT2D eigenvalue weighted by molar-refractivity contribution is 0.463. The van der Waals surface area contributed by atoms with E-state index in [0.29, 0.717) is 45.4 Å². The van der Waals surface area contributed by atoms with E-state index in [0.717, 1.165) is 13.0 Å². The van der Waals surface area contributed by atoms with Crippen molar-refractivity contribution in [3.05, 3.63) is 46.3 Å². The normalized spacial score (nSPS) is 12.0. The van der Waals surface area contributed by atoms with Crippen molar-refractivity contribution in [2.24, 2.45) is 5.92 Å². The van der Waals surface area contributed by atoms with E-state index in [9.17, 15) is 15.0 Å². The maximum absolute atomic E-state index is 12.7. The molecule has 0 fully saturated rings. The van der Waals surface area contributed by atoms with Gasteiger partial charge in [-0.05, 0) is 43.1 Å². The van der Waals surface area contributed by atoms with Gasteiger partial charge in [0.05, 0.1) is 5.39 Å². The van der Waals surface area contributed by atoms with E-state index >= 15 is 0 Å². The monoisotopic (exact) mass is 367 g/mol. The summed E-state index contributed by atoms with van der Waals surface area (Å²) >= 11 is 0. The van der Waals surface area contributed by atoms with Crippen molar-refractivity contribution in [1.82, 2.24) is 5.32 Å². The molecular formula is C21H21NO5. The number of fused-ring (bicyclic) bond motifs is 5. The van der Waals surface area contributed by atoms with Gasteiger partial charge in [0.15, 0.2) is 5.58 Å². The Balaban J connectivity index is 1.92. The molecule has 0 saturated heterocycles. The maximum atomic E-state index is 12.7. The van der Waals surface area contributed by atoms with Crippen LogP contribution in [-0.4, -0.2) is 16.8 Å². The predicted molar refractivity (Wildman–Crippen MR) is 104 cm³/mol. The van der Waals surface area contributed by atoms with Crippen molar-refractivity contribution in [2.75, 3.05) is 6.54 Å². The minimum Gasteiger partial charge on any atom is -0.508 e. The number of furan rings is 1. The van der Waals surface area contributed by atoms with Crippen LogP contribution >= 0.6 is 0 Å². The molecule has 0 atom stereocenters. The van der Waals surface area contributed by atoms with Crippen LogP contribution in [0.25, 0.3) is 32.9 Å². The van der Waals surface area contributed by atoms with E-state index in [1.807, 2.05) is 0 Å². The van der Waals surface area contributed by atoms with Crippen molar-refractivity contribution in [3.8, 4) is 11.5 Å². The van der Waals surface area contributed by atoms with E-state index in [4.69, 9.17) is 8.83 Å². The number of rotatable bonds is 5. The fourth-order valence-corrected chi connectivity index (χ4v) is 3.35. The molecule has 4 aromatic rings. The molecule has 6 heteroatoms. The minimum absolute atomic E-state index is 0.00815. The number of phenolic OH excluding ortho intramolecular Hbond substituents is 2. The highest BCUT2D eigenvalue weighted by Crippen LogP contribution is 2.37. The van der Waals surface area contributed by atoms with Crippen LogP contribution in [0, 0.1) is 5.92 Å². The molecule has 0 spiro atoms. The summed E-state index contributed by atoms with van der Waals surface area (Å²) in [6.07, 6.45) is 1.01. The average molecular weight is 367 g/mol. The summed E-state index contributed by atoms with van der Waals surface area (Å²) in [5.41, 5.74) is 1.21. The van der Waals surface area contributed by atoms with Crippen LogP contribution in [-0.2, 0) is 6.54 Å². The lowest BCUT2D eigenvalue weighted by Gasteiger charge is -2.09. The van der Waals surface area contributed by atoms with Gasteiger partial charge in [-0.25, -0.2) is 4.79 Å². The van der Waals surface area contributed by atoms with Gasteiger partial charge in [-0.15, -0.1) is 0 Å². The molecule has 2 aromatic carbocycles. The topological polar surface area (TPSA) is 95.8 Å². The molecule has 0 aliphatic rings. The highest BCUT2D eigenvalue weighted by Gasteiger charge is 2.20. The molecule has 4 rings (SSSR count). The van der Waals surface area contributed by atoms with Crippen molar-refractivity contribution in [2.45, 2.75) is 26.8 Å². The van der Waals surface area contributed by atoms with Gasteiger partial charge < -0.3 is 24.4 Å². The molecule has 0 aliphatic heterocycles. The number of benzene rings is 2. The molecule has 2 aromatic heterocycles. The van der Waals surface area contributed by atoms with Crippen LogP contribution in [0.3, 0.4) is 0 Å². The summed E-state index contributed by atoms with van der Waals surface area (Å²) in [4.78, 5) is 12.7. The van der Waals surface area contributed by atoms with Crippen LogP contribution in [0.5, 0.6) is 11.5 Å². The van der Waals surface area contributed by atoms with Gasteiger partial charge in [0.1, 0.15) is 28.1 Å². The molecule has 0 saturated carbocycles. The van der Waals surface area contributed by atoms with E-state index in [2.05, 4.69) is 19.2 Å². The van der Waals surface area contributed by atoms with Gasteiger partial charge in [0, 0.05) is 23.6 Å². The SMILES string of the molecule is CC(C)CCNCc1c(O)ccc2oc3c4ccc(O)cc4oc(=O)c3c12. The smallest absolute Gasteiger partial charge is 0.348 e. The van der Waals surface area contributed by atoms with Gasteiger partial charge in [-0.1, -0.05) is 13.8 Å². The molecule has 3 N–H and O–H groups in total. The number of nitrogens with one attached hydrogen (secondary N) is 1. The highest BCUT2D eigenvalue weighted by molar-refractivity contribution is 6.14. The zero-order valence-corrected chi connectivity index (χ0v) is 15.2. The zero-order valence-electron chi connectivity index (χ0n) is 15.2. The highest BCUT2D eigenvalue weighted by atomic mass is 16.4. The van der Waals surface area contributed by atoms with Crippen LogP contribution in [0.2, 0.25) is 0 Å². The first-order valence-electron chi connectivity index (χ1n) is 8.99. The number of hydrogen-bond acceptors (Lipinski definition) is 6. The summed E-state index contributed by atoms with van der Waals surface area (Å²) in [5.74, 6) is 0.688. The largest absolute Gasteiger partial charge is 0.508 e. The van der Waals surface area contributed by atoms with Gasteiger partial charge in [-0.3, -0.25) is 0 Å². The zero-order chi connectivity index (χ0) is 19.1. The fourth-order valence-electron chi connectivity index (χ4n) is 3.35. The third-order valence-electron chi connectivity index (χ3n) is 4.76. The molecule has 140 valence electrons. The predicted octanol–water partition coefficient (Wildman–Crippen LogP) is 4.24. The molecular weight excluding hydrogens is 346 g/mol. The van der Waals surface area contributed by atoms with Gasteiger partial charge >= 0.3 is 5.63 Å². The Morgan fingerprint density at radius 2 is 1.85 bits per heavy atom. The Kier molecular flexibility index (Phi) is 4.28. The summed E-state index contributed by atoms with van der Waals surface area (Å²) in [5, 5.41) is 24.8. The minimum atomic E-state index is -0.559. The Morgan fingerprint density at radius 3 is 2.63 bits per heavy atom. The number of aromatic hydroxyl groups is 2. The van der Waals surface area contributed by atoms with Crippen LogP contribution in [0.4, 0.5) is 0 Å². The Bertz CT molecular complexity index is 1200. The summed E-state index contributed by atoms with van der Waals surface area (Å²) in [7, 11) is 0. The molecule has 0 radical (unpaired) electrons. The van der Waals surface area contributed by atoms with Gasteiger partial charge in [-0.2, -0.15) is 0 Å². The third kappa shape index (κ3) is 3.02. The van der Waals surface area contributed by atoms with Crippen molar-refractivity contribution in [1.29, 1.82) is 0 Å². The quantitative estimate of drug-likeness (QED) is 0.361. The molecule has 0 bridgehead atoms.